The van der Waals surface area contributed by atoms with Gasteiger partial charge in [0.25, 0.3) is 0 Å². The predicted molar refractivity (Wildman–Crippen MR) is 54.1 cm³/mol. The van der Waals surface area contributed by atoms with Crippen molar-refractivity contribution in [1.29, 1.82) is 0 Å². The zero-order valence-electron chi connectivity index (χ0n) is 7.69. The van der Waals surface area contributed by atoms with Crippen molar-refractivity contribution < 1.29 is 0 Å². The maximum atomic E-state index is 5.50. The fraction of sp³-hybridized carbons (Fsp3) is 0.429. The average Bonchev–Trinajstić information content (AvgIpc) is 2.49. The summed E-state index contributed by atoms with van der Waals surface area (Å²) in [6.07, 6.45) is 0. The molecule has 0 bridgehead atoms. The van der Waals surface area contributed by atoms with Gasteiger partial charge in [0, 0.05) is 12.4 Å². The van der Waals surface area contributed by atoms with Gasteiger partial charge in [-0.3, -0.25) is 0 Å². The highest BCUT2D eigenvalue weighted by molar-refractivity contribution is 7.09. The molecule has 1 heterocycles. The minimum atomic E-state index is 0.311. The lowest BCUT2D eigenvalue weighted by atomic mass is 10.4. The third kappa shape index (κ3) is 2.59. The van der Waals surface area contributed by atoms with E-state index >= 15 is 0 Å². The minimum absolute atomic E-state index is 0.311. The Hall–Kier alpha value is -1.30. The molecule has 0 atom stereocenters. The van der Waals surface area contributed by atoms with Crippen LogP contribution in [0.1, 0.15) is 10.7 Å². The monoisotopic (exact) mass is 199 g/mol. The summed E-state index contributed by atoms with van der Waals surface area (Å²) in [5.74, 6) is 5.35. The summed E-state index contributed by atoms with van der Waals surface area (Å²) in [6, 6.07) is 0. The highest BCUT2D eigenvalue weighted by atomic mass is 32.1. The average molecular weight is 199 g/mol. The van der Waals surface area contributed by atoms with Crippen LogP contribution in [0, 0.1) is 6.92 Å². The highest BCUT2D eigenvalue weighted by Gasteiger charge is 2.04. The van der Waals surface area contributed by atoms with E-state index in [2.05, 4.69) is 10.1 Å². The van der Waals surface area contributed by atoms with E-state index in [0.29, 0.717) is 12.5 Å². The van der Waals surface area contributed by atoms with Gasteiger partial charge < -0.3 is 16.5 Å². The van der Waals surface area contributed by atoms with Crippen molar-refractivity contribution in [3.8, 4) is 0 Å². The molecule has 0 saturated heterocycles. The Morgan fingerprint density at radius 3 is 2.92 bits per heavy atom. The van der Waals surface area contributed by atoms with Crippen molar-refractivity contribution in [3.63, 3.8) is 0 Å². The molecule has 6 heteroatoms. The summed E-state index contributed by atoms with van der Waals surface area (Å²) >= 11 is 1.62. The standard InChI is InChI=1S/C7H13N5S/c1-5-10-6(4-13-5)3-12(2)7(8)11-9/h4H,3,9H2,1-2H3,(H2,8,11). The molecule has 0 aromatic carbocycles. The molecule has 0 fully saturated rings. The lowest BCUT2D eigenvalue weighted by Gasteiger charge is -2.15. The molecule has 5 nitrogen and oxygen atoms in total. The highest BCUT2D eigenvalue weighted by Crippen LogP contribution is 2.09. The normalized spacial score (nSPS) is 11.7. The molecule has 13 heavy (non-hydrogen) atoms. The van der Waals surface area contributed by atoms with Crippen LogP contribution in [0.15, 0.2) is 10.5 Å². The first-order valence-corrected chi connectivity index (χ1v) is 4.67. The van der Waals surface area contributed by atoms with Gasteiger partial charge in [-0.05, 0) is 6.92 Å². The fourth-order valence-electron chi connectivity index (χ4n) is 0.903. The van der Waals surface area contributed by atoms with Gasteiger partial charge in [-0.25, -0.2) is 4.98 Å². The lowest BCUT2D eigenvalue weighted by molar-refractivity contribution is 0.486. The first kappa shape index (κ1) is 9.79. The number of nitrogens with zero attached hydrogens (tertiary/aromatic N) is 3. The molecule has 0 spiro atoms. The van der Waals surface area contributed by atoms with Crippen LogP contribution < -0.4 is 11.6 Å². The fourth-order valence-corrected chi connectivity index (χ4v) is 1.51. The number of hydrazone groups is 1. The zero-order valence-corrected chi connectivity index (χ0v) is 8.51. The number of nitrogens with two attached hydrogens (primary N) is 2. The van der Waals surface area contributed by atoms with Gasteiger partial charge in [0.15, 0.2) is 0 Å². The topological polar surface area (TPSA) is 80.5 Å². The molecule has 0 aliphatic heterocycles. The van der Waals surface area contributed by atoms with Crippen LogP contribution in [0.4, 0.5) is 0 Å². The second-order valence-corrected chi connectivity index (χ2v) is 3.76. The van der Waals surface area contributed by atoms with Crippen LogP contribution in [0.5, 0.6) is 0 Å². The number of hydrogen-bond donors (Lipinski definition) is 2. The Morgan fingerprint density at radius 1 is 1.77 bits per heavy atom. The molecule has 0 unspecified atom stereocenters. The second-order valence-electron chi connectivity index (χ2n) is 2.70. The van der Waals surface area contributed by atoms with Crippen LogP contribution in [0.3, 0.4) is 0 Å². The molecule has 4 N–H and O–H groups in total. The van der Waals surface area contributed by atoms with E-state index in [0.717, 1.165) is 10.7 Å². The van der Waals surface area contributed by atoms with E-state index < -0.39 is 0 Å². The number of thiazole rings is 1. The Labute approximate surface area is 81.1 Å². The van der Waals surface area contributed by atoms with Gasteiger partial charge in [0.05, 0.1) is 17.2 Å². The molecular weight excluding hydrogens is 186 g/mol. The summed E-state index contributed by atoms with van der Waals surface area (Å²) in [6.45, 7) is 2.60. The summed E-state index contributed by atoms with van der Waals surface area (Å²) in [4.78, 5) is 6.04. The van der Waals surface area contributed by atoms with Crippen molar-refractivity contribution >= 4 is 17.3 Å². The van der Waals surface area contributed by atoms with Crippen LogP contribution in [-0.4, -0.2) is 22.9 Å². The van der Waals surface area contributed by atoms with Crippen LogP contribution in [0.25, 0.3) is 0 Å². The van der Waals surface area contributed by atoms with E-state index in [1.807, 2.05) is 19.4 Å². The van der Waals surface area contributed by atoms with Gasteiger partial charge in [-0.1, -0.05) is 0 Å². The summed E-state index contributed by atoms with van der Waals surface area (Å²) in [5.41, 5.74) is 6.48. The third-order valence-corrected chi connectivity index (χ3v) is 2.41. The second kappa shape index (κ2) is 4.08. The lowest BCUT2D eigenvalue weighted by Crippen LogP contribution is -2.34. The molecule has 0 saturated carbocycles. The van der Waals surface area contributed by atoms with E-state index in [1.165, 1.54) is 0 Å². The van der Waals surface area contributed by atoms with Crippen LogP contribution in [-0.2, 0) is 6.54 Å². The van der Waals surface area contributed by atoms with Gasteiger partial charge in [-0.2, -0.15) is 0 Å². The third-order valence-electron chi connectivity index (χ3n) is 1.59. The summed E-state index contributed by atoms with van der Waals surface area (Å²) in [7, 11) is 1.82. The first-order chi connectivity index (χ1) is 6.13. The Kier molecular flexibility index (Phi) is 3.07. The number of aryl methyl sites for hydroxylation is 1. The van der Waals surface area contributed by atoms with Crippen molar-refractivity contribution in [3.05, 3.63) is 16.1 Å². The van der Waals surface area contributed by atoms with Crippen molar-refractivity contribution in [2.24, 2.45) is 16.7 Å². The number of aromatic nitrogens is 1. The molecular formula is C7H13N5S. The van der Waals surface area contributed by atoms with Gasteiger partial charge in [0.2, 0.25) is 5.96 Å². The molecule has 0 aliphatic rings. The molecule has 1 aromatic heterocycles. The number of hydrogen-bond acceptors (Lipinski definition) is 4. The minimum Gasteiger partial charge on any atom is -0.368 e. The van der Waals surface area contributed by atoms with Gasteiger partial charge >= 0.3 is 0 Å². The molecule has 72 valence electrons. The largest absolute Gasteiger partial charge is 0.368 e. The van der Waals surface area contributed by atoms with Gasteiger partial charge in [0.1, 0.15) is 0 Å². The maximum absolute atomic E-state index is 5.50. The van der Waals surface area contributed by atoms with Crippen LogP contribution >= 0.6 is 11.3 Å². The Balaban J connectivity index is 2.59. The molecule has 0 aliphatic carbocycles. The molecule has 1 aromatic rings. The van der Waals surface area contributed by atoms with E-state index in [4.69, 9.17) is 11.6 Å². The summed E-state index contributed by atoms with van der Waals surface area (Å²) < 4.78 is 0. The van der Waals surface area contributed by atoms with E-state index in [1.54, 1.807) is 16.2 Å². The molecule has 0 radical (unpaired) electrons. The SMILES string of the molecule is Cc1nc(CN(C)C(N)=NN)cs1. The molecule has 0 amide bonds. The Morgan fingerprint density at radius 2 is 2.46 bits per heavy atom. The van der Waals surface area contributed by atoms with Crippen LogP contribution in [0.2, 0.25) is 0 Å². The quantitative estimate of drug-likeness (QED) is 0.306. The Bertz CT molecular complexity index is 306. The van der Waals surface area contributed by atoms with Crippen molar-refractivity contribution in [1.82, 2.24) is 9.88 Å². The van der Waals surface area contributed by atoms with E-state index in [9.17, 15) is 0 Å². The summed E-state index contributed by atoms with van der Waals surface area (Å²) in [5, 5.41) is 6.43. The number of rotatable bonds is 2. The first-order valence-electron chi connectivity index (χ1n) is 3.79. The zero-order chi connectivity index (χ0) is 9.84. The van der Waals surface area contributed by atoms with E-state index in [-0.39, 0.29) is 0 Å². The van der Waals surface area contributed by atoms with Gasteiger partial charge in [-0.15, -0.1) is 16.4 Å². The van der Waals surface area contributed by atoms with Crippen molar-refractivity contribution in [2.75, 3.05) is 7.05 Å². The molecule has 1 rings (SSSR count). The smallest absolute Gasteiger partial charge is 0.213 e. The predicted octanol–water partition coefficient (Wildman–Crippen LogP) is 0.0717. The van der Waals surface area contributed by atoms with Crippen molar-refractivity contribution in [2.45, 2.75) is 13.5 Å². The maximum Gasteiger partial charge on any atom is 0.213 e. The number of guanidine groups is 1.